The molecule has 3 heterocycles. The van der Waals surface area contributed by atoms with E-state index in [-0.39, 0.29) is 16.9 Å². The lowest BCUT2D eigenvalue weighted by molar-refractivity contribution is 0.0666. The number of aliphatic imine (C=N–C) groups is 1. The second-order valence-electron chi connectivity index (χ2n) is 6.63. The maximum Gasteiger partial charge on any atom is 0.271 e. The molecule has 2 aromatic rings. The zero-order chi connectivity index (χ0) is 19.0. The highest BCUT2D eigenvalue weighted by molar-refractivity contribution is 8.14. The van der Waals surface area contributed by atoms with Crippen molar-refractivity contribution in [3.8, 4) is 11.5 Å². The van der Waals surface area contributed by atoms with Gasteiger partial charge in [0, 0.05) is 13.2 Å². The quantitative estimate of drug-likeness (QED) is 0.867. The third kappa shape index (κ3) is 3.27. The predicted molar refractivity (Wildman–Crippen MR) is 106 cm³/mol. The average molecular weight is 389 g/mol. The van der Waals surface area contributed by atoms with Crippen LogP contribution in [0.1, 0.15) is 42.2 Å². The minimum atomic E-state index is -0.137. The summed E-state index contributed by atoms with van der Waals surface area (Å²) in [5, 5.41) is 3.82. The first kappa shape index (κ1) is 18.2. The van der Waals surface area contributed by atoms with Gasteiger partial charge in [-0.15, -0.1) is 0 Å². The van der Waals surface area contributed by atoms with Crippen LogP contribution < -0.4 is 15.0 Å². The van der Waals surface area contributed by atoms with Crippen LogP contribution in [0.4, 0.5) is 5.82 Å². The molecular formula is C19H23N3O4S. The van der Waals surface area contributed by atoms with Gasteiger partial charge in [0.25, 0.3) is 5.56 Å². The fourth-order valence-corrected chi connectivity index (χ4v) is 4.76. The van der Waals surface area contributed by atoms with Gasteiger partial charge in [-0.2, -0.15) is 0 Å². The van der Waals surface area contributed by atoms with E-state index in [2.05, 4.69) is 5.10 Å². The first-order valence-corrected chi connectivity index (χ1v) is 9.86. The Bertz CT molecular complexity index is 928. The molecule has 4 rings (SSSR count). The van der Waals surface area contributed by atoms with Crippen LogP contribution in [0.2, 0.25) is 0 Å². The van der Waals surface area contributed by atoms with Gasteiger partial charge in [-0.3, -0.25) is 14.6 Å². The number of ether oxygens (including phenoxy) is 3. The Morgan fingerprint density at radius 1 is 1.22 bits per heavy atom. The Hall–Kier alpha value is -2.19. The van der Waals surface area contributed by atoms with Crippen LogP contribution >= 0.6 is 11.8 Å². The minimum absolute atomic E-state index is 0.0833. The van der Waals surface area contributed by atoms with Gasteiger partial charge in [0.2, 0.25) is 0 Å². The zero-order valence-electron chi connectivity index (χ0n) is 15.7. The van der Waals surface area contributed by atoms with Gasteiger partial charge in [0.05, 0.1) is 36.1 Å². The smallest absolute Gasteiger partial charge is 0.271 e. The average Bonchev–Trinajstić information content (AvgIpc) is 3.03. The van der Waals surface area contributed by atoms with E-state index in [1.54, 1.807) is 26.0 Å². The number of H-pyrrole nitrogens is 1. The summed E-state index contributed by atoms with van der Waals surface area (Å²) >= 11 is 1.58. The molecule has 0 amide bonds. The van der Waals surface area contributed by atoms with Crippen LogP contribution in [-0.2, 0) is 4.74 Å². The molecule has 1 aromatic carbocycles. The lowest BCUT2D eigenvalue weighted by atomic mass is 10.0. The summed E-state index contributed by atoms with van der Waals surface area (Å²) in [5.41, 5.74) is 1.60. The number of nitrogens with one attached hydrogen (secondary N) is 1. The van der Waals surface area contributed by atoms with Crippen LogP contribution in [0.3, 0.4) is 0 Å². The zero-order valence-corrected chi connectivity index (χ0v) is 16.5. The summed E-state index contributed by atoms with van der Waals surface area (Å²) in [6, 6.07) is 6.00. The maximum atomic E-state index is 12.8. The van der Waals surface area contributed by atoms with Gasteiger partial charge < -0.3 is 14.2 Å². The molecule has 2 aliphatic rings. The van der Waals surface area contributed by atoms with Crippen molar-refractivity contribution in [2.75, 3.05) is 27.4 Å². The van der Waals surface area contributed by atoms with E-state index < -0.39 is 0 Å². The Labute approximate surface area is 161 Å². The van der Waals surface area contributed by atoms with Crippen molar-refractivity contribution in [3.63, 3.8) is 0 Å². The molecular weight excluding hydrogens is 366 g/mol. The molecule has 1 aromatic heterocycles. The van der Waals surface area contributed by atoms with E-state index in [1.165, 1.54) is 0 Å². The normalized spacial score (nSPS) is 20.1. The largest absolute Gasteiger partial charge is 0.493 e. The standard InChI is InChI=1S/C19H23N3O4S/c1-11-20-18-16(19(23)21-22(18)13-6-8-26-9-7-13)17(27-11)12-4-5-14(24-2)15(10-12)25-3/h4-5,10,13,17H,6-9H2,1-3H3,(H,21,23)/t17-/m1/s1. The number of hydrogen-bond acceptors (Lipinski definition) is 6. The molecule has 0 radical (unpaired) electrons. The summed E-state index contributed by atoms with van der Waals surface area (Å²) in [6.07, 6.45) is 1.75. The van der Waals surface area contributed by atoms with Crippen LogP contribution in [0.5, 0.6) is 11.5 Å². The number of rotatable bonds is 4. The van der Waals surface area contributed by atoms with E-state index >= 15 is 0 Å². The number of aromatic amines is 1. The SMILES string of the molecule is COc1ccc([C@H]2SC(C)=Nc3c2c(=O)[nH]n3C2CCOCC2)cc1OC. The molecule has 27 heavy (non-hydrogen) atoms. The van der Waals surface area contributed by atoms with E-state index in [4.69, 9.17) is 19.2 Å². The summed E-state index contributed by atoms with van der Waals surface area (Å²) in [6.45, 7) is 3.39. The molecule has 0 spiro atoms. The Morgan fingerprint density at radius 3 is 2.67 bits per heavy atom. The molecule has 1 saturated heterocycles. The predicted octanol–water partition coefficient (Wildman–Crippen LogP) is 3.43. The van der Waals surface area contributed by atoms with Crippen molar-refractivity contribution in [2.24, 2.45) is 4.99 Å². The van der Waals surface area contributed by atoms with Crippen molar-refractivity contribution in [3.05, 3.63) is 39.7 Å². The second-order valence-corrected chi connectivity index (χ2v) is 7.93. The Balaban J connectivity index is 1.79. The third-order valence-corrected chi connectivity index (χ3v) is 6.19. The number of benzene rings is 1. The highest BCUT2D eigenvalue weighted by Crippen LogP contribution is 2.46. The van der Waals surface area contributed by atoms with Crippen LogP contribution in [0.15, 0.2) is 28.0 Å². The molecule has 0 bridgehead atoms. The molecule has 144 valence electrons. The molecule has 0 saturated carbocycles. The van der Waals surface area contributed by atoms with Crippen molar-refractivity contribution >= 4 is 22.6 Å². The van der Waals surface area contributed by atoms with Gasteiger partial charge in [-0.1, -0.05) is 17.8 Å². The highest BCUT2D eigenvalue weighted by Gasteiger charge is 2.32. The van der Waals surface area contributed by atoms with E-state index in [1.807, 2.05) is 29.8 Å². The van der Waals surface area contributed by atoms with Gasteiger partial charge in [0.15, 0.2) is 17.3 Å². The summed E-state index contributed by atoms with van der Waals surface area (Å²) in [7, 11) is 3.22. The van der Waals surface area contributed by atoms with Gasteiger partial charge in [-0.25, -0.2) is 4.99 Å². The van der Waals surface area contributed by atoms with Crippen molar-refractivity contribution in [1.82, 2.24) is 9.78 Å². The van der Waals surface area contributed by atoms with Gasteiger partial charge in [0.1, 0.15) is 0 Å². The molecule has 2 aliphatic heterocycles. The minimum Gasteiger partial charge on any atom is -0.493 e. The molecule has 7 nitrogen and oxygen atoms in total. The number of hydrogen-bond donors (Lipinski definition) is 1. The monoisotopic (exact) mass is 389 g/mol. The first-order chi connectivity index (χ1) is 13.1. The topological polar surface area (TPSA) is 77.8 Å². The van der Waals surface area contributed by atoms with Crippen molar-refractivity contribution in [1.29, 1.82) is 0 Å². The Morgan fingerprint density at radius 2 is 1.96 bits per heavy atom. The first-order valence-electron chi connectivity index (χ1n) is 8.98. The molecule has 0 unspecified atom stereocenters. The number of aromatic nitrogens is 2. The summed E-state index contributed by atoms with van der Waals surface area (Å²) < 4.78 is 18.2. The lowest BCUT2D eigenvalue weighted by Gasteiger charge is -2.26. The number of nitrogens with zero attached hydrogens (tertiary/aromatic N) is 2. The second kappa shape index (κ2) is 7.44. The van der Waals surface area contributed by atoms with Crippen LogP contribution in [0.25, 0.3) is 0 Å². The number of fused-ring (bicyclic) bond motifs is 1. The van der Waals surface area contributed by atoms with E-state index in [9.17, 15) is 4.79 Å². The number of thioether (sulfide) groups is 1. The maximum absolute atomic E-state index is 12.8. The highest BCUT2D eigenvalue weighted by atomic mass is 32.2. The molecule has 1 fully saturated rings. The fourth-order valence-electron chi connectivity index (χ4n) is 3.67. The van der Waals surface area contributed by atoms with E-state index in [0.29, 0.717) is 30.3 Å². The van der Waals surface area contributed by atoms with Crippen LogP contribution in [-0.4, -0.2) is 42.3 Å². The van der Waals surface area contributed by atoms with Gasteiger partial charge in [-0.05, 0) is 37.5 Å². The summed E-state index contributed by atoms with van der Waals surface area (Å²) in [5.74, 6) is 2.06. The summed E-state index contributed by atoms with van der Waals surface area (Å²) in [4.78, 5) is 17.6. The lowest BCUT2D eigenvalue weighted by Crippen LogP contribution is -2.21. The fraction of sp³-hybridized carbons (Fsp3) is 0.474. The molecule has 0 aliphatic carbocycles. The van der Waals surface area contributed by atoms with E-state index in [0.717, 1.165) is 29.3 Å². The number of methoxy groups -OCH3 is 2. The molecule has 8 heteroatoms. The Kier molecular flexibility index (Phi) is 5.01. The molecule has 1 N–H and O–H groups in total. The van der Waals surface area contributed by atoms with Crippen LogP contribution in [0, 0.1) is 0 Å². The molecule has 1 atom stereocenters. The third-order valence-electron chi connectivity index (χ3n) is 5.02. The van der Waals surface area contributed by atoms with Crippen molar-refractivity contribution in [2.45, 2.75) is 31.1 Å². The van der Waals surface area contributed by atoms with Gasteiger partial charge >= 0.3 is 0 Å². The van der Waals surface area contributed by atoms with Crippen molar-refractivity contribution < 1.29 is 14.2 Å².